The molecule has 0 radical (unpaired) electrons. The predicted molar refractivity (Wildman–Crippen MR) is 134 cm³/mol. The maximum Gasteiger partial charge on any atom is 0.250 e. The van der Waals surface area contributed by atoms with E-state index in [0.717, 1.165) is 48.6 Å². The highest BCUT2D eigenvalue weighted by molar-refractivity contribution is 8.01. The molecule has 3 aliphatic rings. The predicted octanol–water partition coefficient (Wildman–Crippen LogP) is 2.86. The lowest BCUT2D eigenvalue weighted by Gasteiger charge is -2.39. The number of hydrogen-bond acceptors (Lipinski definition) is 5. The van der Waals surface area contributed by atoms with Crippen molar-refractivity contribution in [1.29, 1.82) is 0 Å². The van der Waals surface area contributed by atoms with Gasteiger partial charge in [0, 0.05) is 49.9 Å². The third-order valence-corrected chi connectivity index (χ3v) is 8.07. The van der Waals surface area contributed by atoms with E-state index in [2.05, 4.69) is 17.0 Å². The minimum absolute atomic E-state index is 0.0362. The minimum Gasteiger partial charge on any atom is -0.368 e. The van der Waals surface area contributed by atoms with Gasteiger partial charge in [-0.25, -0.2) is 0 Å². The van der Waals surface area contributed by atoms with Gasteiger partial charge in [0.1, 0.15) is 6.54 Å². The van der Waals surface area contributed by atoms with Gasteiger partial charge in [-0.15, -0.1) is 11.8 Å². The Labute approximate surface area is 204 Å². The maximum atomic E-state index is 13.5. The summed E-state index contributed by atoms with van der Waals surface area (Å²) in [5.41, 5.74) is 1.88. The lowest BCUT2D eigenvalue weighted by molar-refractivity contribution is -0.137. The molecule has 2 aromatic carbocycles. The van der Waals surface area contributed by atoms with Crippen LogP contribution in [0.4, 0.5) is 11.4 Å². The van der Waals surface area contributed by atoms with Crippen LogP contribution in [0.5, 0.6) is 0 Å². The Kier molecular flexibility index (Phi) is 6.76. The molecule has 5 rings (SSSR count). The minimum atomic E-state index is -0.823. The Bertz CT molecular complexity index is 1050. The fraction of sp³-hybridized carbons (Fsp3) is 0.423. The summed E-state index contributed by atoms with van der Waals surface area (Å²) >= 11 is 1.32. The number of piperazine rings is 1. The van der Waals surface area contributed by atoms with Crippen molar-refractivity contribution in [2.75, 3.05) is 55.6 Å². The van der Waals surface area contributed by atoms with E-state index in [-0.39, 0.29) is 24.3 Å². The summed E-state index contributed by atoms with van der Waals surface area (Å²) in [6.45, 7) is 4.11. The number of fused-ring (bicyclic) bond motifs is 1. The molecule has 0 aromatic heterocycles. The number of amides is 3. The van der Waals surface area contributed by atoms with E-state index >= 15 is 0 Å². The molecule has 3 heterocycles. The number of benzene rings is 2. The van der Waals surface area contributed by atoms with Gasteiger partial charge in [-0.1, -0.05) is 30.3 Å². The van der Waals surface area contributed by atoms with Crippen LogP contribution in [0.1, 0.15) is 19.3 Å². The summed E-state index contributed by atoms with van der Waals surface area (Å²) in [6, 6.07) is 17.8. The molecule has 3 amide bonds. The summed E-state index contributed by atoms with van der Waals surface area (Å²) < 4.78 is 0. The highest BCUT2D eigenvalue weighted by Gasteiger charge is 2.41. The van der Waals surface area contributed by atoms with Crippen LogP contribution in [0.3, 0.4) is 0 Å². The third kappa shape index (κ3) is 4.64. The van der Waals surface area contributed by atoms with Gasteiger partial charge in [0.25, 0.3) is 5.91 Å². The number of rotatable bonds is 4. The van der Waals surface area contributed by atoms with E-state index in [4.69, 9.17) is 0 Å². The second-order valence-corrected chi connectivity index (χ2v) is 10.1. The van der Waals surface area contributed by atoms with E-state index in [9.17, 15) is 14.4 Å². The molecule has 2 fully saturated rings. The number of thioether (sulfide) groups is 1. The number of anilines is 2. The first kappa shape index (κ1) is 22.8. The molecule has 34 heavy (non-hydrogen) atoms. The van der Waals surface area contributed by atoms with Crippen molar-refractivity contribution in [3.05, 3.63) is 54.6 Å². The zero-order chi connectivity index (χ0) is 23.5. The van der Waals surface area contributed by atoms with Crippen molar-refractivity contribution in [2.24, 2.45) is 0 Å². The Balaban J connectivity index is 1.28. The average molecular weight is 479 g/mol. The number of para-hydroxylation sites is 2. The molecule has 2 saturated heterocycles. The van der Waals surface area contributed by atoms with Crippen molar-refractivity contribution >= 4 is 40.9 Å². The smallest absolute Gasteiger partial charge is 0.250 e. The van der Waals surface area contributed by atoms with Crippen LogP contribution >= 0.6 is 11.8 Å². The van der Waals surface area contributed by atoms with E-state index in [1.165, 1.54) is 16.7 Å². The zero-order valence-corrected chi connectivity index (χ0v) is 20.1. The van der Waals surface area contributed by atoms with Crippen LogP contribution in [0.15, 0.2) is 59.5 Å². The first-order valence-electron chi connectivity index (χ1n) is 12.1. The molecular weight excluding hydrogens is 448 g/mol. The first-order valence-corrected chi connectivity index (χ1v) is 12.9. The summed E-state index contributed by atoms with van der Waals surface area (Å²) in [7, 11) is 0. The Morgan fingerprint density at radius 1 is 0.794 bits per heavy atom. The molecule has 0 spiro atoms. The van der Waals surface area contributed by atoms with Gasteiger partial charge in [-0.3, -0.25) is 14.4 Å². The normalized spacial score (nSPS) is 20.8. The van der Waals surface area contributed by atoms with E-state index in [1.54, 1.807) is 0 Å². The molecule has 2 aromatic rings. The Morgan fingerprint density at radius 3 is 2.21 bits per heavy atom. The first-order chi connectivity index (χ1) is 16.6. The molecule has 1 atom stereocenters. The van der Waals surface area contributed by atoms with Crippen molar-refractivity contribution in [3.63, 3.8) is 0 Å². The summed E-state index contributed by atoms with van der Waals surface area (Å²) in [4.78, 5) is 48.3. The highest BCUT2D eigenvalue weighted by atomic mass is 32.2. The molecule has 0 aliphatic carbocycles. The molecule has 1 unspecified atom stereocenters. The largest absolute Gasteiger partial charge is 0.368 e. The van der Waals surface area contributed by atoms with Crippen LogP contribution in [-0.4, -0.2) is 78.6 Å². The number of likely N-dealkylation sites (tertiary alicyclic amines) is 1. The van der Waals surface area contributed by atoms with Crippen LogP contribution in [-0.2, 0) is 14.4 Å². The van der Waals surface area contributed by atoms with Gasteiger partial charge in [0.15, 0.2) is 5.25 Å². The van der Waals surface area contributed by atoms with Crippen molar-refractivity contribution in [2.45, 2.75) is 29.4 Å². The fourth-order valence-corrected chi connectivity index (χ4v) is 6.09. The number of nitrogens with zero attached hydrogens (tertiary/aromatic N) is 4. The molecule has 178 valence electrons. The van der Waals surface area contributed by atoms with E-state index in [0.29, 0.717) is 26.2 Å². The van der Waals surface area contributed by atoms with E-state index in [1.807, 2.05) is 52.3 Å². The van der Waals surface area contributed by atoms with Gasteiger partial charge in [-0.2, -0.15) is 0 Å². The molecular formula is C26H30N4O3S. The summed E-state index contributed by atoms with van der Waals surface area (Å²) in [5, 5.41) is -0.823. The second kappa shape index (κ2) is 10.1. The highest BCUT2D eigenvalue weighted by Crippen LogP contribution is 2.40. The van der Waals surface area contributed by atoms with Crippen molar-refractivity contribution in [1.82, 2.24) is 9.80 Å². The Morgan fingerprint density at radius 2 is 1.47 bits per heavy atom. The van der Waals surface area contributed by atoms with Crippen molar-refractivity contribution < 1.29 is 14.4 Å². The molecule has 7 nitrogen and oxygen atoms in total. The third-order valence-electron chi connectivity index (χ3n) is 6.83. The fourth-order valence-electron chi connectivity index (χ4n) is 4.90. The topological polar surface area (TPSA) is 64.2 Å². The maximum absolute atomic E-state index is 13.5. The van der Waals surface area contributed by atoms with Gasteiger partial charge in [0.05, 0.1) is 5.69 Å². The number of hydrogen-bond donors (Lipinski definition) is 0. The molecule has 0 saturated carbocycles. The quantitative estimate of drug-likeness (QED) is 0.633. The second-order valence-electron chi connectivity index (χ2n) is 8.98. The monoisotopic (exact) mass is 478 g/mol. The van der Waals surface area contributed by atoms with E-state index < -0.39 is 5.25 Å². The standard InChI is InChI=1S/C26H30N4O3S/c31-23(28-17-15-27(16-18-28)20-9-3-1-4-10-20)19-30-21-11-5-6-12-22(21)34-24(26(30)33)25(32)29-13-7-2-8-14-29/h1,3-6,9-12,24H,2,7-8,13-19H2. The molecule has 0 bridgehead atoms. The number of piperidine rings is 1. The van der Waals surface area contributed by atoms with Gasteiger partial charge in [-0.05, 0) is 43.5 Å². The average Bonchev–Trinajstić information content (AvgIpc) is 2.90. The molecule has 8 heteroatoms. The Hall–Kier alpha value is -3.00. The summed E-state index contributed by atoms with van der Waals surface area (Å²) in [6.07, 6.45) is 3.08. The molecule has 3 aliphatic heterocycles. The lowest BCUT2D eigenvalue weighted by atomic mass is 10.1. The van der Waals surface area contributed by atoms with Crippen LogP contribution < -0.4 is 9.80 Å². The van der Waals surface area contributed by atoms with Crippen molar-refractivity contribution in [3.8, 4) is 0 Å². The van der Waals surface area contributed by atoms with Gasteiger partial charge >= 0.3 is 0 Å². The number of carbonyl (C=O) groups excluding carboxylic acids is 3. The SMILES string of the molecule is O=C(CN1C(=O)C(C(=O)N2CCCCC2)Sc2ccccc21)N1CCN(c2ccccc2)CC1. The van der Waals surface area contributed by atoms with Crippen LogP contribution in [0.2, 0.25) is 0 Å². The van der Waals surface area contributed by atoms with Gasteiger partial charge < -0.3 is 19.6 Å². The zero-order valence-electron chi connectivity index (χ0n) is 19.3. The van der Waals surface area contributed by atoms with Crippen LogP contribution in [0, 0.1) is 0 Å². The lowest BCUT2D eigenvalue weighted by Crippen LogP contribution is -2.55. The summed E-state index contributed by atoms with van der Waals surface area (Å²) in [5.74, 6) is -0.486. The van der Waals surface area contributed by atoms with Crippen LogP contribution in [0.25, 0.3) is 0 Å². The number of carbonyl (C=O) groups is 3. The molecule has 0 N–H and O–H groups in total. The van der Waals surface area contributed by atoms with Gasteiger partial charge in [0.2, 0.25) is 11.8 Å².